The first-order valence-corrected chi connectivity index (χ1v) is 8.08. The fraction of sp³-hybridized carbons (Fsp3) is 0.188. The molecule has 2 aromatic carbocycles. The molecule has 0 saturated heterocycles. The summed E-state index contributed by atoms with van der Waals surface area (Å²) in [7, 11) is 0. The van der Waals surface area contributed by atoms with E-state index in [1.165, 1.54) is 16.7 Å². The third-order valence-electron chi connectivity index (χ3n) is 3.56. The summed E-state index contributed by atoms with van der Waals surface area (Å²) < 4.78 is 1.07. The summed E-state index contributed by atoms with van der Waals surface area (Å²) in [5, 5.41) is 2.86. The van der Waals surface area contributed by atoms with Crippen LogP contribution in [0.4, 0.5) is 5.69 Å². The number of amides is 1. The smallest absolute Gasteiger partial charge is 0.228 e. The summed E-state index contributed by atoms with van der Waals surface area (Å²) >= 11 is 7.30. The number of benzene rings is 2. The van der Waals surface area contributed by atoms with E-state index in [1.54, 1.807) is 0 Å². The van der Waals surface area contributed by atoms with Crippen LogP contribution in [0.2, 0.25) is 0 Å². The summed E-state index contributed by atoms with van der Waals surface area (Å²) in [5.74, 6) is 0.0712. The van der Waals surface area contributed by atoms with Gasteiger partial charge in [0.1, 0.15) is 0 Å². The Bertz CT molecular complexity index is 697. The van der Waals surface area contributed by atoms with E-state index < -0.39 is 0 Å². The lowest BCUT2D eigenvalue weighted by molar-refractivity contribution is -0.115. The summed E-state index contributed by atoms with van der Waals surface area (Å²) in [5.41, 5.74) is 5.65. The number of carbonyl (C=O) groups excluding carboxylic acids is 1. The van der Waals surface area contributed by atoms with Crippen LogP contribution < -0.4 is 5.32 Å². The highest BCUT2D eigenvalue weighted by molar-refractivity contribution is 9.10. The van der Waals surface area contributed by atoms with E-state index in [0.29, 0.717) is 6.42 Å². The Morgan fingerprint density at radius 1 is 1.20 bits per heavy atom. The van der Waals surface area contributed by atoms with Gasteiger partial charge in [-0.2, -0.15) is 0 Å². The molecule has 0 aliphatic carbocycles. The van der Waals surface area contributed by atoms with Gasteiger partial charge in [-0.15, -0.1) is 0 Å². The van der Waals surface area contributed by atoms with Crippen molar-refractivity contribution >= 4 is 43.5 Å². The van der Waals surface area contributed by atoms with Gasteiger partial charge in [-0.05, 0) is 47.4 Å². The van der Waals surface area contributed by atoms with Gasteiger partial charge >= 0.3 is 0 Å². The average molecular weight is 395 g/mol. The lowest BCUT2D eigenvalue weighted by atomic mass is 9.98. The molecule has 0 spiro atoms. The van der Waals surface area contributed by atoms with Crippen molar-refractivity contribution in [2.24, 2.45) is 0 Å². The van der Waals surface area contributed by atoms with E-state index >= 15 is 0 Å². The molecule has 1 amide bonds. The average Bonchev–Trinajstić information content (AvgIpc) is 2.79. The van der Waals surface area contributed by atoms with Gasteiger partial charge in [0, 0.05) is 10.2 Å². The summed E-state index contributed by atoms with van der Waals surface area (Å²) in [6, 6.07) is 12.4. The summed E-state index contributed by atoms with van der Waals surface area (Å²) in [6.07, 6.45) is 0.473. The molecule has 3 rings (SSSR count). The Morgan fingerprint density at radius 3 is 2.80 bits per heavy atom. The molecule has 0 bridgehead atoms. The number of hydrogen-bond acceptors (Lipinski definition) is 1. The van der Waals surface area contributed by atoms with E-state index in [1.807, 2.05) is 12.1 Å². The Balaban J connectivity index is 1.99. The number of hydrogen-bond donors (Lipinski definition) is 1. The lowest BCUT2D eigenvalue weighted by Gasteiger charge is -2.15. The van der Waals surface area contributed by atoms with E-state index in [0.717, 1.165) is 15.7 Å². The van der Waals surface area contributed by atoms with Crippen LogP contribution in [-0.2, 0) is 11.2 Å². The Kier molecular flexibility index (Phi) is 3.69. The van der Waals surface area contributed by atoms with Gasteiger partial charge in [0.05, 0.1) is 11.2 Å². The maximum Gasteiger partial charge on any atom is 0.228 e. The second-order valence-electron chi connectivity index (χ2n) is 5.01. The molecule has 0 aromatic heterocycles. The van der Waals surface area contributed by atoms with Gasteiger partial charge in [-0.25, -0.2) is 0 Å². The van der Waals surface area contributed by atoms with Crippen LogP contribution in [0.5, 0.6) is 0 Å². The molecule has 0 radical (unpaired) electrons. The van der Waals surface area contributed by atoms with E-state index in [4.69, 9.17) is 0 Å². The number of aryl methyl sites for hydroxylation is 1. The number of nitrogens with one attached hydrogen (secondary N) is 1. The molecule has 1 unspecified atom stereocenters. The van der Waals surface area contributed by atoms with Crippen LogP contribution in [0, 0.1) is 6.92 Å². The first-order valence-electron chi connectivity index (χ1n) is 6.37. The number of halogens is 2. The second-order valence-corrected chi connectivity index (χ2v) is 6.84. The molecule has 2 aromatic rings. The van der Waals surface area contributed by atoms with E-state index in [-0.39, 0.29) is 10.7 Å². The van der Waals surface area contributed by atoms with Crippen molar-refractivity contribution in [2.75, 3.05) is 5.32 Å². The van der Waals surface area contributed by atoms with E-state index in [2.05, 4.69) is 68.4 Å². The normalized spacial score (nSPS) is 14.8. The molecule has 1 atom stereocenters. The van der Waals surface area contributed by atoms with Crippen LogP contribution >= 0.6 is 31.9 Å². The first kappa shape index (κ1) is 13.8. The lowest BCUT2D eigenvalue weighted by Crippen LogP contribution is -2.03. The third kappa shape index (κ3) is 2.54. The molecule has 1 aliphatic heterocycles. The van der Waals surface area contributed by atoms with Crippen molar-refractivity contribution in [2.45, 2.75) is 18.2 Å². The molecular formula is C16H13Br2NO. The number of fused-ring (bicyclic) bond motifs is 1. The number of anilines is 1. The fourth-order valence-corrected chi connectivity index (χ4v) is 3.63. The predicted octanol–water partition coefficient (Wildman–Crippen LogP) is 4.74. The molecule has 2 nitrogen and oxygen atoms in total. The van der Waals surface area contributed by atoms with Gasteiger partial charge in [0.2, 0.25) is 5.91 Å². The Morgan fingerprint density at radius 2 is 2.00 bits per heavy atom. The Hall–Kier alpha value is -1.13. The van der Waals surface area contributed by atoms with E-state index in [9.17, 15) is 4.79 Å². The Labute approximate surface area is 134 Å². The van der Waals surface area contributed by atoms with Crippen LogP contribution in [0.1, 0.15) is 27.1 Å². The van der Waals surface area contributed by atoms with Gasteiger partial charge in [-0.3, -0.25) is 4.79 Å². The fourth-order valence-electron chi connectivity index (χ4n) is 2.47. The van der Waals surface area contributed by atoms with Gasteiger partial charge < -0.3 is 5.32 Å². The summed E-state index contributed by atoms with van der Waals surface area (Å²) in [4.78, 5) is 11.5. The highest BCUT2D eigenvalue weighted by Crippen LogP contribution is 2.36. The topological polar surface area (TPSA) is 29.1 Å². The minimum Gasteiger partial charge on any atom is -0.326 e. The monoisotopic (exact) mass is 393 g/mol. The summed E-state index contributed by atoms with van der Waals surface area (Å²) in [6.45, 7) is 2.11. The SMILES string of the molecule is Cc1ccc(Br)cc1C(Br)c1ccc2c(c1)CC(=O)N2. The highest BCUT2D eigenvalue weighted by atomic mass is 79.9. The minimum atomic E-state index is 0.0712. The van der Waals surface area contributed by atoms with Crippen molar-refractivity contribution in [3.8, 4) is 0 Å². The first-order chi connectivity index (χ1) is 9.54. The molecule has 1 heterocycles. The molecule has 0 fully saturated rings. The molecule has 102 valence electrons. The van der Waals surface area contributed by atoms with Crippen molar-refractivity contribution in [3.63, 3.8) is 0 Å². The highest BCUT2D eigenvalue weighted by Gasteiger charge is 2.20. The van der Waals surface area contributed by atoms with Crippen molar-refractivity contribution in [1.29, 1.82) is 0 Å². The van der Waals surface area contributed by atoms with Crippen LogP contribution in [0.25, 0.3) is 0 Å². The van der Waals surface area contributed by atoms with Crippen molar-refractivity contribution in [3.05, 3.63) is 63.1 Å². The van der Waals surface area contributed by atoms with Gasteiger partial charge in [0.15, 0.2) is 0 Å². The van der Waals surface area contributed by atoms with Gasteiger partial charge in [-0.1, -0.05) is 50.1 Å². The molecule has 0 saturated carbocycles. The number of rotatable bonds is 2. The van der Waals surface area contributed by atoms with Crippen molar-refractivity contribution in [1.82, 2.24) is 0 Å². The van der Waals surface area contributed by atoms with Crippen LogP contribution in [-0.4, -0.2) is 5.91 Å². The van der Waals surface area contributed by atoms with Crippen LogP contribution in [0.3, 0.4) is 0 Å². The van der Waals surface area contributed by atoms with Crippen LogP contribution in [0.15, 0.2) is 40.9 Å². The van der Waals surface area contributed by atoms with Crippen molar-refractivity contribution < 1.29 is 4.79 Å². The number of alkyl halides is 1. The molecular weight excluding hydrogens is 382 g/mol. The minimum absolute atomic E-state index is 0.0712. The standard InChI is InChI=1S/C16H13Br2NO/c1-9-2-4-12(17)8-13(9)16(18)10-3-5-14-11(6-10)7-15(20)19-14/h2-6,8,16H,7H2,1H3,(H,19,20). The quantitative estimate of drug-likeness (QED) is 0.732. The van der Waals surface area contributed by atoms with Gasteiger partial charge in [0.25, 0.3) is 0 Å². The zero-order chi connectivity index (χ0) is 14.3. The second kappa shape index (κ2) is 5.34. The molecule has 4 heteroatoms. The maximum atomic E-state index is 11.4. The maximum absolute atomic E-state index is 11.4. The molecule has 20 heavy (non-hydrogen) atoms. The molecule has 1 aliphatic rings. The predicted molar refractivity (Wildman–Crippen MR) is 88.4 cm³/mol. The largest absolute Gasteiger partial charge is 0.326 e. The third-order valence-corrected chi connectivity index (χ3v) is 5.08. The zero-order valence-corrected chi connectivity index (χ0v) is 14.1. The number of carbonyl (C=O) groups is 1. The molecule has 1 N–H and O–H groups in total. The zero-order valence-electron chi connectivity index (χ0n) is 10.9.